The molecule has 75 heavy (non-hydrogen) atoms. The highest BCUT2D eigenvalue weighted by molar-refractivity contribution is 5.71. The van der Waals surface area contributed by atoms with Gasteiger partial charge in [0.05, 0.1) is 0 Å². The van der Waals surface area contributed by atoms with Gasteiger partial charge in [0, 0.05) is 19.3 Å². The minimum Gasteiger partial charge on any atom is -0.462 e. The molecule has 0 bridgehead atoms. The van der Waals surface area contributed by atoms with Gasteiger partial charge in [-0.05, 0) is 116 Å². The molecule has 0 spiro atoms. The molecule has 0 aromatic heterocycles. The maximum Gasteiger partial charge on any atom is 0.306 e. The molecule has 0 aliphatic carbocycles. The zero-order valence-electron chi connectivity index (χ0n) is 48.8. The van der Waals surface area contributed by atoms with Crippen LogP contribution in [0.15, 0.2) is 122 Å². The van der Waals surface area contributed by atoms with Gasteiger partial charge in [-0.2, -0.15) is 0 Å². The van der Waals surface area contributed by atoms with Crippen molar-refractivity contribution in [2.75, 3.05) is 13.2 Å². The molecular weight excluding hydrogens is 925 g/mol. The van der Waals surface area contributed by atoms with Gasteiger partial charge in [0.1, 0.15) is 13.2 Å². The first-order valence-corrected chi connectivity index (χ1v) is 31.0. The summed E-state index contributed by atoms with van der Waals surface area (Å²) in [6.07, 6.45) is 86.6. The van der Waals surface area contributed by atoms with Crippen molar-refractivity contribution in [2.24, 2.45) is 0 Å². The van der Waals surface area contributed by atoms with E-state index >= 15 is 0 Å². The summed E-state index contributed by atoms with van der Waals surface area (Å²) in [6, 6.07) is 0. The van der Waals surface area contributed by atoms with Crippen molar-refractivity contribution in [3.05, 3.63) is 122 Å². The maximum absolute atomic E-state index is 12.8. The Bertz CT molecular complexity index is 1570. The lowest BCUT2D eigenvalue weighted by molar-refractivity contribution is -0.166. The van der Waals surface area contributed by atoms with E-state index in [0.717, 1.165) is 109 Å². The molecule has 0 heterocycles. The van der Waals surface area contributed by atoms with E-state index in [1.54, 1.807) is 0 Å². The van der Waals surface area contributed by atoms with E-state index in [1.807, 2.05) is 12.2 Å². The first-order chi connectivity index (χ1) is 37.0. The standard InChI is InChI=1S/C69H114O6/c1-4-7-10-13-16-19-22-25-26-27-28-29-30-31-32-33-34-35-36-37-38-39-40-41-42-45-47-50-53-56-59-62-68(71)74-65-66(75-69(72)63-60-57-54-51-48-44-24-21-18-15-12-9-6-3)64-73-67(70)61-58-55-52-49-46-43-23-20-17-14-11-8-5-2/h7,9-10,12,16,18-21,23,25-26,28-29,31-32,44,48,54,57,66H,4-6,8,11,13-15,17,22,24,27,30,33-43,45-47,49-53,55-56,58-65H2,1-3H3/b10-7-,12-9-,19-16-,21-18-,23-20-,26-25-,29-28-,32-31-,48-44-,57-54-. The van der Waals surface area contributed by atoms with E-state index < -0.39 is 12.1 Å². The van der Waals surface area contributed by atoms with E-state index in [9.17, 15) is 14.4 Å². The highest BCUT2D eigenvalue weighted by atomic mass is 16.6. The number of esters is 3. The lowest BCUT2D eigenvalue weighted by atomic mass is 10.0. The summed E-state index contributed by atoms with van der Waals surface area (Å²) >= 11 is 0. The third-order valence-electron chi connectivity index (χ3n) is 12.9. The molecule has 1 atom stereocenters. The molecule has 0 aliphatic rings. The third kappa shape index (κ3) is 60.6. The number of allylic oxidation sites excluding steroid dienone is 20. The topological polar surface area (TPSA) is 78.9 Å². The number of hydrogen-bond acceptors (Lipinski definition) is 6. The lowest BCUT2D eigenvalue weighted by Crippen LogP contribution is -2.30. The van der Waals surface area contributed by atoms with Gasteiger partial charge < -0.3 is 14.2 Å². The normalized spacial score (nSPS) is 12.9. The van der Waals surface area contributed by atoms with Gasteiger partial charge in [-0.25, -0.2) is 0 Å². The molecule has 0 aromatic rings. The van der Waals surface area contributed by atoms with Crippen LogP contribution < -0.4 is 0 Å². The molecule has 0 aliphatic heterocycles. The van der Waals surface area contributed by atoms with E-state index in [-0.39, 0.29) is 31.6 Å². The highest BCUT2D eigenvalue weighted by Gasteiger charge is 2.19. The van der Waals surface area contributed by atoms with Gasteiger partial charge in [-0.3, -0.25) is 14.4 Å². The molecule has 0 amide bonds. The van der Waals surface area contributed by atoms with Crippen LogP contribution in [0.1, 0.15) is 278 Å². The van der Waals surface area contributed by atoms with Crippen molar-refractivity contribution in [2.45, 2.75) is 284 Å². The zero-order chi connectivity index (χ0) is 54.3. The van der Waals surface area contributed by atoms with Crippen LogP contribution in [0.3, 0.4) is 0 Å². The number of rotatable bonds is 55. The van der Waals surface area contributed by atoms with Crippen molar-refractivity contribution in [1.82, 2.24) is 0 Å². The summed E-state index contributed by atoms with van der Waals surface area (Å²) < 4.78 is 16.8. The third-order valence-corrected chi connectivity index (χ3v) is 12.9. The Labute approximate surface area is 462 Å². The fourth-order valence-corrected chi connectivity index (χ4v) is 8.36. The average molecular weight is 1040 g/mol. The molecule has 6 nitrogen and oxygen atoms in total. The molecular formula is C69H114O6. The van der Waals surface area contributed by atoms with Crippen LogP contribution >= 0.6 is 0 Å². The summed E-state index contributed by atoms with van der Waals surface area (Å²) in [5.74, 6) is -0.999. The molecule has 0 saturated heterocycles. The van der Waals surface area contributed by atoms with Crippen molar-refractivity contribution in [3.8, 4) is 0 Å². The molecule has 0 rings (SSSR count). The van der Waals surface area contributed by atoms with E-state index in [1.165, 1.54) is 122 Å². The van der Waals surface area contributed by atoms with Gasteiger partial charge >= 0.3 is 17.9 Å². The lowest BCUT2D eigenvalue weighted by Gasteiger charge is -2.18. The van der Waals surface area contributed by atoms with Gasteiger partial charge in [-0.1, -0.05) is 264 Å². The van der Waals surface area contributed by atoms with Crippen LogP contribution in [0.2, 0.25) is 0 Å². The van der Waals surface area contributed by atoms with Crippen molar-refractivity contribution >= 4 is 17.9 Å². The zero-order valence-corrected chi connectivity index (χ0v) is 48.8. The second kappa shape index (κ2) is 62.4. The summed E-state index contributed by atoms with van der Waals surface area (Å²) in [5, 5.41) is 0. The Morgan fingerprint density at radius 3 is 0.880 bits per heavy atom. The molecule has 0 N–H and O–H groups in total. The maximum atomic E-state index is 12.8. The summed E-state index contributed by atoms with van der Waals surface area (Å²) in [5.41, 5.74) is 0. The van der Waals surface area contributed by atoms with Crippen LogP contribution in [-0.4, -0.2) is 37.2 Å². The fourth-order valence-electron chi connectivity index (χ4n) is 8.36. The number of ether oxygens (including phenoxy) is 3. The monoisotopic (exact) mass is 1040 g/mol. The van der Waals surface area contributed by atoms with Crippen LogP contribution in [0.4, 0.5) is 0 Å². The SMILES string of the molecule is CC/C=C\C/C=C\C/C=C\C/C=C\C/C=C\CCCCCCCCCCCCCCCCCC(=O)OCC(COC(=O)CCCCCCC/C=C\CCCCCC)OC(=O)CC/C=C\C/C=C\C/C=C\C/C=C\CC. The Morgan fingerprint density at radius 1 is 0.280 bits per heavy atom. The van der Waals surface area contributed by atoms with Crippen LogP contribution in [0.25, 0.3) is 0 Å². The van der Waals surface area contributed by atoms with Gasteiger partial charge in [0.15, 0.2) is 6.10 Å². The quantitative estimate of drug-likeness (QED) is 0.0261. The number of carbonyl (C=O) groups is 3. The van der Waals surface area contributed by atoms with Crippen LogP contribution in [0.5, 0.6) is 0 Å². The Balaban J connectivity index is 4.22. The van der Waals surface area contributed by atoms with Crippen molar-refractivity contribution in [3.63, 3.8) is 0 Å². The van der Waals surface area contributed by atoms with E-state index in [4.69, 9.17) is 14.2 Å². The second-order valence-electron chi connectivity index (χ2n) is 20.2. The minimum absolute atomic E-state index is 0.110. The van der Waals surface area contributed by atoms with Gasteiger partial charge in [-0.15, -0.1) is 0 Å². The second-order valence-corrected chi connectivity index (χ2v) is 20.2. The number of hydrogen-bond donors (Lipinski definition) is 0. The molecule has 0 saturated carbocycles. The molecule has 0 aromatic carbocycles. The number of carbonyl (C=O) groups excluding carboxylic acids is 3. The Hall–Kier alpha value is -4.19. The average Bonchev–Trinajstić information content (AvgIpc) is 3.41. The molecule has 426 valence electrons. The van der Waals surface area contributed by atoms with Gasteiger partial charge in [0.2, 0.25) is 0 Å². The molecule has 0 radical (unpaired) electrons. The molecule has 6 heteroatoms. The summed E-state index contributed by atoms with van der Waals surface area (Å²) in [4.78, 5) is 38.1. The van der Waals surface area contributed by atoms with E-state index in [0.29, 0.717) is 19.3 Å². The predicted molar refractivity (Wildman–Crippen MR) is 325 cm³/mol. The first-order valence-electron chi connectivity index (χ1n) is 31.0. The summed E-state index contributed by atoms with van der Waals surface area (Å²) in [6.45, 7) is 6.33. The van der Waals surface area contributed by atoms with Gasteiger partial charge in [0.25, 0.3) is 0 Å². The van der Waals surface area contributed by atoms with E-state index in [2.05, 4.69) is 130 Å². The summed E-state index contributed by atoms with van der Waals surface area (Å²) in [7, 11) is 0. The Morgan fingerprint density at radius 2 is 0.547 bits per heavy atom. The molecule has 1 unspecified atom stereocenters. The smallest absolute Gasteiger partial charge is 0.306 e. The van der Waals surface area contributed by atoms with Crippen molar-refractivity contribution < 1.29 is 28.6 Å². The highest BCUT2D eigenvalue weighted by Crippen LogP contribution is 2.16. The Kier molecular flexibility index (Phi) is 58.9. The van der Waals surface area contributed by atoms with Crippen LogP contribution in [-0.2, 0) is 28.6 Å². The largest absolute Gasteiger partial charge is 0.462 e. The molecule has 0 fully saturated rings. The van der Waals surface area contributed by atoms with Crippen LogP contribution in [0, 0.1) is 0 Å². The minimum atomic E-state index is -0.821. The van der Waals surface area contributed by atoms with Crippen molar-refractivity contribution in [1.29, 1.82) is 0 Å². The fraction of sp³-hybridized carbons (Fsp3) is 0.667. The first kappa shape index (κ1) is 70.8. The predicted octanol–water partition coefficient (Wildman–Crippen LogP) is 21.2. The number of unbranched alkanes of at least 4 members (excludes halogenated alkanes) is 24.